The Morgan fingerprint density at radius 1 is 1.09 bits per heavy atom. The molecule has 0 saturated heterocycles. The van der Waals surface area contributed by atoms with Crippen molar-refractivity contribution in [2.75, 3.05) is 12.4 Å². The summed E-state index contributed by atoms with van der Waals surface area (Å²) < 4.78 is 4.56. The van der Waals surface area contributed by atoms with E-state index in [0.717, 1.165) is 18.7 Å². The van der Waals surface area contributed by atoms with Crippen molar-refractivity contribution in [3.05, 3.63) is 65.7 Å². The molecule has 116 valence electrons. The van der Waals surface area contributed by atoms with Crippen molar-refractivity contribution >= 4 is 11.8 Å². The first-order valence-corrected chi connectivity index (χ1v) is 7.45. The molecular formula is C18H22N2O2. The van der Waals surface area contributed by atoms with Crippen LogP contribution in [0.25, 0.3) is 0 Å². The largest absolute Gasteiger partial charge is 0.453 e. The van der Waals surface area contributed by atoms with E-state index in [4.69, 9.17) is 0 Å². The molecule has 0 saturated carbocycles. The molecule has 4 nitrogen and oxygen atoms in total. The fraction of sp³-hybridized carbons (Fsp3) is 0.278. The van der Waals surface area contributed by atoms with Crippen molar-refractivity contribution < 1.29 is 9.53 Å². The van der Waals surface area contributed by atoms with Crippen LogP contribution in [0.15, 0.2) is 54.6 Å². The number of ether oxygens (including phenoxy) is 1. The van der Waals surface area contributed by atoms with Crippen LogP contribution in [0.4, 0.5) is 10.5 Å². The number of benzene rings is 2. The Morgan fingerprint density at radius 3 is 2.36 bits per heavy atom. The SMILES string of the molecule is CCC(NCc1ccc(NC(=O)OC)cc1)c1ccccc1. The summed E-state index contributed by atoms with van der Waals surface area (Å²) in [6, 6.07) is 18.5. The molecule has 0 aliphatic carbocycles. The van der Waals surface area contributed by atoms with Crippen molar-refractivity contribution in [2.45, 2.75) is 25.9 Å². The standard InChI is InChI=1S/C18H22N2O2/c1-3-17(15-7-5-4-6-8-15)19-13-14-9-11-16(12-10-14)20-18(21)22-2/h4-12,17,19H,3,13H2,1-2H3,(H,20,21). The minimum atomic E-state index is -0.457. The zero-order valence-corrected chi connectivity index (χ0v) is 13.0. The van der Waals surface area contributed by atoms with Gasteiger partial charge >= 0.3 is 6.09 Å². The Morgan fingerprint density at radius 2 is 1.77 bits per heavy atom. The maximum Gasteiger partial charge on any atom is 0.411 e. The molecule has 0 heterocycles. The van der Waals surface area contributed by atoms with Gasteiger partial charge in [0.05, 0.1) is 7.11 Å². The normalized spacial score (nSPS) is 11.7. The lowest BCUT2D eigenvalue weighted by Gasteiger charge is -2.17. The van der Waals surface area contributed by atoms with Gasteiger partial charge < -0.3 is 10.1 Å². The van der Waals surface area contributed by atoms with E-state index in [0.29, 0.717) is 6.04 Å². The monoisotopic (exact) mass is 298 g/mol. The second-order valence-electron chi connectivity index (χ2n) is 5.07. The van der Waals surface area contributed by atoms with Gasteiger partial charge in [-0.25, -0.2) is 4.79 Å². The van der Waals surface area contributed by atoms with Gasteiger partial charge in [0, 0.05) is 18.3 Å². The molecule has 2 aromatic carbocycles. The topological polar surface area (TPSA) is 50.4 Å². The summed E-state index contributed by atoms with van der Waals surface area (Å²) in [5.74, 6) is 0. The maximum atomic E-state index is 11.1. The number of anilines is 1. The molecule has 0 radical (unpaired) electrons. The number of carbonyl (C=O) groups is 1. The molecule has 2 rings (SSSR count). The smallest absolute Gasteiger partial charge is 0.411 e. The van der Waals surface area contributed by atoms with E-state index in [1.807, 2.05) is 30.3 Å². The number of hydrogen-bond donors (Lipinski definition) is 2. The van der Waals surface area contributed by atoms with E-state index >= 15 is 0 Å². The predicted molar refractivity (Wildman–Crippen MR) is 88.8 cm³/mol. The number of methoxy groups -OCH3 is 1. The van der Waals surface area contributed by atoms with Crippen LogP contribution in [-0.2, 0) is 11.3 Å². The number of hydrogen-bond acceptors (Lipinski definition) is 3. The van der Waals surface area contributed by atoms with E-state index in [1.54, 1.807) is 0 Å². The van der Waals surface area contributed by atoms with Crippen LogP contribution in [0.2, 0.25) is 0 Å². The first kappa shape index (κ1) is 16.0. The molecule has 0 aliphatic rings. The zero-order valence-electron chi connectivity index (χ0n) is 13.0. The molecule has 22 heavy (non-hydrogen) atoms. The highest BCUT2D eigenvalue weighted by molar-refractivity contribution is 5.84. The van der Waals surface area contributed by atoms with Gasteiger partial charge in [0.2, 0.25) is 0 Å². The third-order valence-electron chi connectivity index (χ3n) is 3.55. The van der Waals surface area contributed by atoms with Gasteiger partial charge in [-0.3, -0.25) is 5.32 Å². The predicted octanol–water partition coefficient (Wildman–Crippen LogP) is 4.11. The highest BCUT2D eigenvalue weighted by Gasteiger charge is 2.08. The van der Waals surface area contributed by atoms with E-state index in [2.05, 4.69) is 46.6 Å². The lowest BCUT2D eigenvalue weighted by atomic mass is 10.0. The second-order valence-corrected chi connectivity index (χ2v) is 5.07. The molecule has 2 aromatic rings. The first-order valence-electron chi connectivity index (χ1n) is 7.45. The number of amides is 1. The Labute approximate surface area is 131 Å². The van der Waals surface area contributed by atoms with Crippen molar-refractivity contribution in [2.24, 2.45) is 0 Å². The number of rotatable bonds is 6. The summed E-state index contributed by atoms with van der Waals surface area (Å²) in [4.78, 5) is 11.1. The van der Waals surface area contributed by atoms with Gasteiger partial charge in [0.1, 0.15) is 0 Å². The minimum Gasteiger partial charge on any atom is -0.453 e. The van der Waals surface area contributed by atoms with Crippen molar-refractivity contribution in [3.8, 4) is 0 Å². The highest BCUT2D eigenvalue weighted by atomic mass is 16.5. The molecule has 4 heteroatoms. The minimum absolute atomic E-state index is 0.342. The fourth-order valence-electron chi connectivity index (χ4n) is 2.30. The van der Waals surface area contributed by atoms with Gasteiger partial charge in [0.15, 0.2) is 0 Å². The quantitative estimate of drug-likeness (QED) is 0.844. The lowest BCUT2D eigenvalue weighted by Crippen LogP contribution is -2.20. The third-order valence-corrected chi connectivity index (χ3v) is 3.55. The van der Waals surface area contributed by atoms with Crippen LogP contribution in [0.3, 0.4) is 0 Å². The summed E-state index contributed by atoms with van der Waals surface area (Å²) in [6.07, 6.45) is 0.576. The van der Waals surface area contributed by atoms with E-state index < -0.39 is 6.09 Å². The van der Waals surface area contributed by atoms with Gasteiger partial charge in [-0.2, -0.15) is 0 Å². The van der Waals surface area contributed by atoms with Crippen molar-refractivity contribution in [1.29, 1.82) is 0 Å². The van der Waals surface area contributed by atoms with E-state index in [9.17, 15) is 4.79 Å². The number of nitrogens with one attached hydrogen (secondary N) is 2. The highest BCUT2D eigenvalue weighted by Crippen LogP contribution is 2.17. The van der Waals surface area contributed by atoms with Gasteiger partial charge in [0.25, 0.3) is 0 Å². The molecule has 0 fully saturated rings. The van der Waals surface area contributed by atoms with Crippen LogP contribution in [0.1, 0.15) is 30.5 Å². The molecule has 0 aliphatic heterocycles. The number of carbonyl (C=O) groups excluding carboxylic acids is 1. The van der Waals surface area contributed by atoms with Crippen LogP contribution in [0.5, 0.6) is 0 Å². The van der Waals surface area contributed by atoms with Gasteiger partial charge in [-0.15, -0.1) is 0 Å². The molecule has 1 unspecified atom stereocenters. The van der Waals surface area contributed by atoms with Crippen molar-refractivity contribution in [1.82, 2.24) is 5.32 Å². The summed E-state index contributed by atoms with van der Waals surface area (Å²) in [5, 5.41) is 6.20. The molecular weight excluding hydrogens is 276 g/mol. The van der Waals surface area contributed by atoms with Gasteiger partial charge in [-0.1, -0.05) is 49.4 Å². The first-order chi connectivity index (χ1) is 10.7. The summed E-state index contributed by atoms with van der Waals surface area (Å²) in [6.45, 7) is 2.96. The molecule has 0 aromatic heterocycles. The lowest BCUT2D eigenvalue weighted by molar-refractivity contribution is 0.187. The Hall–Kier alpha value is -2.33. The Kier molecular flexibility index (Phi) is 5.98. The van der Waals surface area contributed by atoms with Crippen LogP contribution >= 0.6 is 0 Å². The Bertz CT molecular complexity index is 582. The van der Waals surface area contributed by atoms with E-state index in [1.165, 1.54) is 18.2 Å². The molecule has 2 N–H and O–H groups in total. The molecule has 1 amide bonds. The summed E-state index contributed by atoms with van der Waals surface area (Å²) in [5.41, 5.74) is 3.20. The average molecular weight is 298 g/mol. The zero-order chi connectivity index (χ0) is 15.8. The van der Waals surface area contributed by atoms with Gasteiger partial charge in [-0.05, 0) is 29.7 Å². The maximum absolute atomic E-state index is 11.1. The third kappa shape index (κ3) is 4.60. The fourth-order valence-corrected chi connectivity index (χ4v) is 2.30. The average Bonchev–Trinajstić information content (AvgIpc) is 2.57. The molecule has 0 bridgehead atoms. The van der Waals surface area contributed by atoms with Crippen LogP contribution in [0, 0.1) is 0 Å². The molecule has 1 atom stereocenters. The molecule has 0 spiro atoms. The summed E-state index contributed by atoms with van der Waals surface area (Å²) >= 11 is 0. The van der Waals surface area contributed by atoms with Crippen molar-refractivity contribution in [3.63, 3.8) is 0 Å². The Balaban J connectivity index is 1.92. The van der Waals surface area contributed by atoms with E-state index in [-0.39, 0.29) is 0 Å². The van der Waals surface area contributed by atoms with Crippen LogP contribution < -0.4 is 10.6 Å². The second kappa shape index (κ2) is 8.20. The summed E-state index contributed by atoms with van der Waals surface area (Å²) in [7, 11) is 1.35. The van der Waals surface area contributed by atoms with Crippen LogP contribution in [-0.4, -0.2) is 13.2 Å².